The molecule has 1 heterocycles. The Bertz CT molecular complexity index is 686. The fourth-order valence-corrected chi connectivity index (χ4v) is 3.47. The molecule has 0 atom stereocenters. The van der Waals surface area contributed by atoms with E-state index in [9.17, 15) is 10.1 Å². The first-order valence-electron chi connectivity index (χ1n) is 7.16. The molecule has 1 aliphatic rings. The van der Waals surface area contributed by atoms with E-state index in [0.29, 0.717) is 5.57 Å². The van der Waals surface area contributed by atoms with E-state index in [0.717, 1.165) is 17.3 Å². The Kier molecular flexibility index (Phi) is 5.29. The number of para-hydroxylation sites is 1. The van der Waals surface area contributed by atoms with Crippen LogP contribution in [0.2, 0.25) is 0 Å². The van der Waals surface area contributed by atoms with Crippen molar-refractivity contribution >= 4 is 23.4 Å². The van der Waals surface area contributed by atoms with Gasteiger partial charge in [-0.15, -0.1) is 0 Å². The third-order valence-corrected chi connectivity index (χ3v) is 4.39. The number of nitrogens with zero attached hydrogens (tertiary/aromatic N) is 2. The summed E-state index contributed by atoms with van der Waals surface area (Å²) >= 11 is 1.64. The van der Waals surface area contributed by atoms with Gasteiger partial charge in [0.15, 0.2) is 0 Å². The van der Waals surface area contributed by atoms with Gasteiger partial charge in [0.05, 0.1) is 17.3 Å². The Morgan fingerprint density at radius 3 is 2.77 bits per heavy atom. The van der Waals surface area contributed by atoms with Gasteiger partial charge in [-0.25, -0.2) is 4.79 Å². The van der Waals surface area contributed by atoms with Crippen molar-refractivity contribution in [2.45, 2.75) is 25.7 Å². The average molecular weight is 314 g/mol. The van der Waals surface area contributed by atoms with Crippen LogP contribution in [0.4, 0.5) is 5.69 Å². The quantitative estimate of drug-likeness (QED) is 0.480. The number of carbonyl (C=O) groups is 1. The van der Waals surface area contributed by atoms with Crippen LogP contribution in [0.1, 0.15) is 20.8 Å². The van der Waals surface area contributed by atoms with Gasteiger partial charge in [0.2, 0.25) is 0 Å². The number of fused-ring (bicyclic) bond motifs is 1. The number of benzene rings is 1. The number of anilines is 1. The lowest BCUT2D eigenvalue weighted by Crippen LogP contribution is -2.16. The molecule has 1 aromatic carbocycles. The highest BCUT2D eigenvalue weighted by Crippen LogP contribution is 2.45. The molecule has 0 radical (unpaired) electrons. The molecule has 114 valence electrons. The number of nitriles is 1. The van der Waals surface area contributed by atoms with E-state index < -0.39 is 5.97 Å². The molecular weight excluding hydrogens is 296 g/mol. The number of hydrogen-bond acceptors (Lipinski definition) is 5. The Morgan fingerprint density at radius 1 is 1.41 bits per heavy atom. The minimum atomic E-state index is -0.567. The maximum Gasteiger partial charge on any atom is 0.349 e. The molecule has 0 aliphatic carbocycles. The minimum absolute atomic E-state index is 0.0574. The summed E-state index contributed by atoms with van der Waals surface area (Å²) in [5.74, 6) is -0.567. The fourth-order valence-electron chi connectivity index (χ4n) is 2.24. The molecule has 4 nitrogen and oxygen atoms in total. The second kappa shape index (κ2) is 7.19. The number of rotatable bonds is 4. The third-order valence-electron chi connectivity index (χ3n) is 3.28. The molecule has 0 bridgehead atoms. The summed E-state index contributed by atoms with van der Waals surface area (Å²) in [6.07, 6.45) is 1.88. The van der Waals surface area contributed by atoms with Gasteiger partial charge in [-0.3, -0.25) is 0 Å². The topological polar surface area (TPSA) is 53.3 Å². The van der Waals surface area contributed by atoms with Gasteiger partial charge in [-0.2, -0.15) is 5.26 Å². The van der Waals surface area contributed by atoms with Gasteiger partial charge < -0.3 is 9.64 Å². The predicted molar refractivity (Wildman–Crippen MR) is 88.3 cm³/mol. The second-order valence-corrected chi connectivity index (χ2v) is 5.75. The van der Waals surface area contributed by atoms with Crippen LogP contribution in [0.25, 0.3) is 0 Å². The minimum Gasteiger partial charge on any atom is -0.462 e. The van der Waals surface area contributed by atoms with Crippen molar-refractivity contribution in [1.82, 2.24) is 0 Å². The summed E-state index contributed by atoms with van der Waals surface area (Å²) < 4.78 is 4.93. The number of hydrogen-bond donors (Lipinski definition) is 0. The van der Waals surface area contributed by atoms with Crippen molar-refractivity contribution in [2.24, 2.45) is 0 Å². The van der Waals surface area contributed by atoms with Crippen molar-refractivity contribution in [3.63, 3.8) is 0 Å². The predicted octanol–water partition coefficient (Wildman–Crippen LogP) is 3.86. The molecule has 0 fully saturated rings. The third kappa shape index (κ3) is 3.18. The monoisotopic (exact) mass is 314 g/mol. The van der Waals surface area contributed by atoms with E-state index in [2.05, 4.69) is 24.0 Å². The number of esters is 1. The summed E-state index contributed by atoms with van der Waals surface area (Å²) in [6.45, 7) is 6.65. The summed E-state index contributed by atoms with van der Waals surface area (Å²) in [6, 6.07) is 10.1. The molecule has 0 saturated carbocycles. The Labute approximate surface area is 135 Å². The van der Waals surface area contributed by atoms with Gasteiger partial charge in [-0.1, -0.05) is 23.9 Å². The van der Waals surface area contributed by atoms with Crippen molar-refractivity contribution in [3.8, 4) is 6.07 Å². The van der Waals surface area contributed by atoms with Crippen LogP contribution in [-0.2, 0) is 9.53 Å². The molecule has 5 heteroatoms. The number of ether oxygens (including phenoxy) is 1. The maximum absolute atomic E-state index is 11.8. The zero-order valence-electron chi connectivity index (χ0n) is 12.9. The molecule has 0 amide bonds. The number of allylic oxidation sites excluding steroid dienone is 2. The Morgan fingerprint density at radius 2 is 2.14 bits per heavy atom. The van der Waals surface area contributed by atoms with E-state index in [1.54, 1.807) is 25.6 Å². The van der Waals surface area contributed by atoms with E-state index >= 15 is 0 Å². The largest absolute Gasteiger partial charge is 0.462 e. The maximum atomic E-state index is 11.8. The first kappa shape index (κ1) is 16.2. The highest BCUT2D eigenvalue weighted by molar-refractivity contribution is 8.03. The van der Waals surface area contributed by atoms with Crippen LogP contribution in [0.15, 0.2) is 51.4 Å². The molecule has 0 saturated heterocycles. The number of thioether (sulfide) groups is 1. The number of carbonyl (C=O) groups excluding carboxylic acids is 1. The zero-order chi connectivity index (χ0) is 16.1. The molecule has 1 aromatic rings. The van der Waals surface area contributed by atoms with Crippen LogP contribution in [0, 0.1) is 11.3 Å². The SMILES string of the molecule is CCOC(=O)/C(C#N)=C(/C)C=C1Sc2ccccc2N1CC. The zero-order valence-corrected chi connectivity index (χ0v) is 13.7. The lowest BCUT2D eigenvalue weighted by molar-refractivity contribution is -0.138. The van der Waals surface area contributed by atoms with Gasteiger partial charge in [0.25, 0.3) is 0 Å². The molecule has 0 unspecified atom stereocenters. The summed E-state index contributed by atoms with van der Waals surface area (Å²) in [5.41, 5.74) is 1.83. The normalized spacial score (nSPS) is 16.1. The van der Waals surface area contributed by atoms with E-state index in [-0.39, 0.29) is 12.2 Å². The first-order valence-corrected chi connectivity index (χ1v) is 7.98. The lowest BCUT2D eigenvalue weighted by atomic mass is 10.1. The van der Waals surface area contributed by atoms with Crippen molar-refractivity contribution in [1.29, 1.82) is 5.26 Å². The van der Waals surface area contributed by atoms with Crippen LogP contribution in [0.5, 0.6) is 0 Å². The summed E-state index contributed by atoms with van der Waals surface area (Å²) in [7, 11) is 0. The van der Waals surface area contributed by atoms with E-state index in [1.165, 1.54) is 4.90 Å². The molecule has 2 rings (SSSR count). The molecule has 1 aliphatic heterocycles. The Hall–Kier alpha value is -2.19. The van der Waals surface area contributed by atoms with Gasteiger partial charge in [0.1, 0.15) is 11.6 Å². The molecule has 0 N–H and O–H groups in total. The van der Waals surface area contributed by atoms with Crippen molar-refractivity contribution < 1.29 is 9.53 Å². The van der Waals surface area contributed by atoms with Crippen LogP contribution in [-0.4, -0.2) is 19.1 Å². The van der Waals surface area contributed by atoms with Gasteiger partial charge in [0, 0.05) is 11.4 Å². The highest BCUT2D eigenvalue weighted by atomic mass is 32.2. The summed E-state index contributed by atoms with van der Waals surface area (Å²) in [4.78, 5) is 15.2. The second-order valence-electron chi connectivity index (χ2n) is 4.69. The summed E-state index contributed by atoms with van der Waals surface area (Å²) in [5, 5.41) is 10.2. The van der Waals surface area contributed by atoms with Crippen molar-refractivity contribution in [3.05, 3.63) is 46.5 Å². The fraction of sp³-hybridized carbons (Fsp3) is 0.294. The van der Waals surface area contributed by atoms with E-state index in [4.69, 9.17) is 4.74 Å². The Balaban J connectivity index is 2.37. The van der Waals surface area contributed by atoms with Gasteiger partial charge in [-0.05, 0) is 44.6 Å². The smallest absolute Gasteiger partial charge is 0.349 e. The van der Waals surface area contributed by atoms with Crippen LogP contribution < -0.4 is 4.90 Å². The van der Waals surface area contributed by atoms with Gasteiger partial charge >= 0.3 is 5.97 Å². The highest BCUT2D eigenvalue weighted by Gasteiger charge is 2.24. The lowest BCUT2D eigenvalue weighted by Gasteiger charge is -2.18. The molecule has 0 spiro atoms. The van der Waals surface area contributed by atoms with E-state index in [1.807, 2.05) is 24.3 Å². The van der Waals surface area contributed by atoms with Crippen LogP contribution in [0.3, 0.4) is 0 Å². The average Bonchev–Trinajstić information content (AvgIpc) is 2.85. The first-order chi connectivity index (χ1) is 10.6. The van der Waals surface area contributed by atoms with Crippen molar-refractivity contribution in [2.75, 3.05) is 18.1 Å². The standard InChI is InChI=1S/C17H18N2O2S/c1-4-19-14-8-6-7-9-15(14)22-16(19)10-12(3)13(11-18)17(20)21-5-2/h6-10H,4-5H2,1-3H3/b13-12-,16-10?. The van der Waals surface area contributed by atoms with Crippen LogP contribution >= 0.6 is 11.8 Å². The molecule has 22 heavy (non-hydrogen) atoms. The molecular formula is C17H18N2O2S. The molecule has 0 aromatic heterocycles.